The summed E-state index contributed by atoms with van der Waals surface area (Å²) < 4.78 is 5.59. The van der Waals surface area contributed by atoms with Gasteiger partial charge in [-0.05, 0) is 48.6 Å². The van der Waals surface area contributed by atoms with Crippen LogP contribution in [-0.4, -0.2) is 19.2 Å². The molecule has 0 atom stereocenters. The number of rotatable bonds is 8. The lowest BCUT2D eigenvalue weighted by atomic mass is 10.3. The zero-order valence-electron chi connectivity index (χ0n) is 12.8. The van der Waals surface area contributed by atoms with Crippen LogP contribution in [0.4, 0.5) is 10.5 Å². The Hall–Kier alpha value is -2.01. The number of urea groups is 1. The first-order valence-corrected chi connectivity index (χ1v) is 8.46. The highest BCUT2D eigenvalue weighted by Crippen LogP contribution is 2.16. The molecule has 22 heavy (non-hydrogen) atoms. The lowest BCUT2D eigenvalue weighted by Gasteiger charge is -2.09. The number of nitrogens with one attached hydrogen (secondary N) is 2. The molecule has 0 aliphatic rings. The predicted octanol–water partition coefficient (Wildman–Crippen LogP) is 4.29. The molecule has 5 heteroatoms. The Morgan fingerprint density at radius 1 is 1.23 bits per heavy atom. The summed E-state index contributed by atoms with van der Waals surface area (Å²) in [6, 6.07) is 11.3. The fraction of sp³-hybridized carbons (Fsp3) is 0.353. The number of carbonyl (C=O) groups excluding carboxylic acids is 1. The van der Waals surface area contributed by atoms with E-state index in [2.05, 4.69) is 23.6 Å². The van der Waals surface area contributed by atoms with E-state index in [0.717, 1.165) is 37.3 Å². The number of ether oxygens (including phenoxy) is 1. The average molecular weight is 318 g/mol. The number of hydrogen-bond donors (Lipinski definition) is 2. The summed E-state index contributed by atoms with van der Waals surface area (Å²) in [4.78, 5) is 13.1. The highest BCUT2D eigenvalue weighted by molar-refractivity contribution is 7.09. The van der Waals surface area contributed by atoms with Crippen molar-refractivity contribution in [2.24, 2.45) is 0 Å². The first kappa shape index (κ1) is 16.4. The molecule has 118 valence electrons. The van der Waals surface area contributed by atoms with Crippen LogP contribution < -0.4 is 15.4 Å². The SMILES string of the molecule is CCCCOc1ccc(NC(=O)NCCc2cccs2)cc1. The fourth-order valence-corrected chi connectivity index (χ4v) is 2.61. The van der Waals surface area contributed by atoms with Crippen LogP contribution in [0.25, 0.3) is 0 Å². The number of amides is 2. The highest BCUT2D eigenvalue weighted by atomic mass is 32.1. The number of benzene rings is 1. The van der Waals surface area contributed by atoms with Crippen LogP contribution in [0.1, 0.15) is 24.6 Å². The van der Waals surface area contributed by atoms with E-state index in [0.29, 0.717) is 6.54 Å². The van der Waals surface area contributed by atoms with E-state index < -0.39 is 0 Å². The Kier molecular flexibility index (Phi) is 6.77. The van der Waals surface area contributed by atoms with Gasteiger partial charge in [0.2, 0.25) is 0 Å². The maximum atomic E-state index is 11.8. The molecule has 2 aromatic rings. The van der Waals surface area contributed by atoms with Gasteiger partial charge in [0, 0.05) is 17.1 Å². The van der Waals surface area contributed by atoms with Crippen LogP contribution in [0.2, 0.25) is 0 Å². The smallest absolute Gasteiger partial charge is 0.319 e. The standard InChI is InChI=1S/C17H22N2O2S/c1-2-3-12-21-15-8-6-14(7-9-15)19-17(20)18-11-10-16-5-4-13-22-16/h4-9,13H,2-3,10-12H2,1H3,(H2,18,19,20). The van der Waals surface area contributed by atoms with Crippen molar-refractivity contribution in [2.45, 2.75) is 26.2 Å². The van der Waals surface area contributed by atoms with Gasteiger partial charge in [0.15, 0.2) is 0 Å². The second-order valence-corrected chi connectivity index (χ2v) is 5.97. The minimum Gasteiger partial charge on any atom is -0.494 e. The van der Waals surface area contributed by atoms with Crippen molar-refractivity contribution >= 4 is 23.1 Å². The monoisotopic (exact) mass is 318 g/mol. The van der Waals surface area contributed by atoms with Crippen LogP contribution in [-0.2, 0) is 6.42 Å². The Morgan fingerprint density at radius 3 is 2.73 bits per heavy atom. The molecule has 0 unspecified atom stereocenters. The van der Waals surface area contributed by atoms with E-state index in [9.17, 15) is 4.79 Å². The minimum atomic E-state index is -0.184. The molecule has 0 aliphatic heterocycles. The Labute approximate surface area is 135 Å². The van der Waals surface area contributed by atoms with Crippen molar-refractivity contribution in [3.63, 3.8) is 0 Å². The van der Waals surface area contributed by atoms with Gasteiger partial charge in [0.05, 0.1) is 6.61 Å². The summed E-state index contributed by atoms with van der Waals surface area (Å²) in [5.41, 5.74) is 0.761. The molecular formula is C17H22N2O2S. The van der Waals surface area contributed by atoms with Gasteiger partial charge in [-0.1, -0.05) is 19.4 Å². The first-order chi connectivity index (χ1) is 10.8. The summed E-state index contributed by atoms with van der Waals surface area (Å²) in [5.74, 6) is 0.831. The van der Waals surface area contributed by atoms with Crippen molar-refractivity contribution in [3.05, 3.63) is 46.7 Å². The largest absolute Gasteiger partial charge is 0.494 e. The number of unbranched alkanes of at least 4 members (excludes halogenated alkanes) is 1. The van der Waals surface area contributed by atoms with Gasteiger partial charge in [0.1, 0.15) is 5.75 Å². The third-order valence-electron chi connectivity index (χ3n) is 3.12. The third-order valence-corrected chi connectivity index (χ3v) is 4.05. The number of thiophene rings is 1. The predicted molar refractivity (Wildman–Crippen MR) is 91.9 cm³/mol. The molecule has 2 rings (SSSR count). The van der Waals surface area contributed by atoms with Crippen molar-refractivity contribution < 1.29 is 9.53 Å². The van der Waals surface area contributed by atoms with Crippen LogP contribution in [0, 0.1) is 0 Å². The van der Waals surface area contributed by atoms with Crippen molar-refractivity contribution in [3.8, 4) is 5.75 Å². The summed E-state index contributed by atoms with van der Waals surface area (Å²) in [6.45, 7) is 3.49. The molecule has 2 amide bonds. The van der Waals surface area contributed by atoms with Gasteiger partial charge in [-0.3, -0.25) is 0 Å². The molecule has 1 heterocycles. The Bertz CT molecular complexity index is 553. The van der Waals surface area contributed by atoms with E-state index in [-0.39, 0.29) is 6.03 Å². The lowest BCUT2D eigenvalue weighted by molar-refractivity contribution is 0.252. The van der Waals surface area contributed by atoms with Crippen LogP contribution in [0.3, 0.4) is 0 Å². The van der Waals surface area contributed by atoms with E-state index >= 15 is 0 Å². The highest BCUT2D eigenvalue weighted by Gasteiger charge is 2.02. The second kappa shape index (κ2) is 9.10. The van der Waals surface area contributed by atoms with Gasteiger partial charge in [-0.2, -0.15) is 0 Å². The molecule has 2 N–H and O–H groups in total. The molecule has 0 spiro atoms. The lowest BCUT2D eigenvalue weighted by Crippen LogP contribution is -2.30. The topological polar surface area (TPSA) is 50.4 Å². The molecule has 1 aromatic heterocycles. The summed E-state index contributed by atoms with van der Waals surface area (Å²) in [7, 11) is 0. The molecule has 1 aromatic carbocycles. The summed E-state index contributed by atoms with van der Waals surface area (Å²) >= 11 is 1.70. The van der Waals surface area contributed by atoms with Crippen LogP contribution >= 0.6 is 11.3 Å². The van der Waals surface area contributed by atoms with Gasteiger partial charge >= 0.3 is 6.03 Å². The molecule has 0 aliphatic carbocycles. The molecule has 0 radical (unpaired) electrons. The van der Waals surface area contributed by atoms with E-state index in [4.69, 9.17) is 4.74 Å². The molecular weight excluding hydrogens is 296 g/mol. The Morgan fingerprint density at radius 2 is 2.05 bits per heavy atom. The van der Waals surface area contributed by atoms with E-state index in [1.165, 1.54) is 4.88 Å². The zero-order valence-corrected chi connectivity index (χ0v) is 13.6. The van der Waals surface area contributed by atoms with Crippen molar-refractivity contribution in [1.29, 1.82) is 0 Å². The van der Waals surface area contributed by atoms with Gasteiger partial charge in [0.25, 0.3) is 0 Å². The van der Waals surface area contributed by atoms with Gasteiger partial charge in [-0.25, -0.2) is 4.79 Å². The Balaban J connectivity index is 1.69. The molecule has 0 saturated heterocycles. The third kappa shape index (κ3) is 5.77. The average Bonchev–Trinajstić information content (AvgIpc) is 3.03. The number of anilines is 1. The maximum absolute atomic E-state index is 11.8. The zero-order chi connectivity index (χ0) is 15.6. The minimum absolute atomic E-state index is 0.184. The molecule has 0 fully saturated rings. The molecule has 0 saturated carbocycles. The number of carbonyl (C=O) groups is 1. The van der Waals surface area contributed by atoms with Crippen LogP contribution in [0.5, 0.6) is 5.75 Å². The van der Waals surface area contributed by atoms with Crippen molar-refractivity contribution in [1.82, 2.24) is 5.32 Å². The maximum Gasteiger partial charge on any atom is 0.319 e. The second-order valence-electron chi connectivity index (χ2n) is 4.94. The summed E-state index contributed by atoms with van der Waals surface area (Å²) in [6.07, 6.45) is 3.02. The molecule has 0 bridgehead atoms. The van der Waals surface area contributed by atoms with Crippen molar-refractivity contribution in [2.75, 3.05) is 18.5 Å². The van der Waals surface area contributed by atoms with E-state index in [1.54, 1.807) is 11.3 Å². The normalized spacial score (nSPS) is 10.2. The van der Waals surface area contributed by atoms with Gasteiger partial charge in [-0.15, -0.1) is 11.3 Å². The molecule has 4 nitrogen and oxygen atoms in total. The van der Waals surface area contributed by atoms with Crippen LogP contribution in [0.15, 0.2) is 41.8 Å². The number of hydrogen-bond acceptors (Lipinski definition) is 3. The van der Waals surface area contributed by atoms with E-state index in [1.807, 2.05) is 35.7 Å². The summed E-state index contributed by atoms with van der Waals surface area (Å²) in [5, 5.41) is 7.71. The quantitative estimate of drug-likeness (QED) is 0.713. The fourth-order valence-electron chi connectivity index (χ4n) is 1.90. The first-order valence-electron chi connectivity index (χ1n) is 7.58. The van der Waals surface area contributed by atoms with Gasteiger partial charge < -0.3 is 15.4 Å².